The number of hydrogen-bond donors (Lipinski definition) is 0. The Bertz CT molecular complexity index is 938. The first-order valence-electron chi connectivity index (χ1n) is 7.24. The van der Waals surface area contributed by atoms with Crippen molar-refractivity contribution in [3.63, 3.8) is 0 Å². The SMILES string of the molecule is COc1cc(F)ccc1-c1ccc(=O)n(Cc2ccccc2F)n1. The molecule has 0 saturated carbocycles. The molecule has 0 radical (unpaired) electrons. The van der Waals surface area contributed by atoms with Crippen molar-refractivity contribution in [3.8, 4) is 17.0 Å². The summed E-state index contributed by atoms with van der Waals surface area (Å²) < 4.78 is 33.4. The van der Waals surface area contributed by atoms with Crippen LogP contribution in [0.3, 0.4) is 0 Å². The van der Waals surface area contributed by atoms with Gasteiger partial charge in [-0.3, -0.25) is 4.79 Å². The summed E-state index contributed by atoms with van der Waals surface area (Å²) in [5.74, 6) is -0.537. The van der Waals surface area contributed by atoms with Crippen LogP contribution >= 0.6 is 0 Å². The highest BCUT2D eigenvalue weighted by Crippen LogP contribution is 2.28. The molecule has 0 bridgehead atoms. The number of halogens is 2. The van der Waals surface area contributed by atoms with Crippen LogP contribution < -0.4 is 10.3 Å². The van der Waals surface area contributed by atoms with Crippen LogP contribution in [0.5, 0.6) is 5.75 Å². The molecule has 0 aliphatic rings. The van der Waals surface area contributed by atoms with Gasteiger partial charge in [0.2, 0.25) is 0 Å². The van der Waals surface area contributed by atoms with E-state index in [9.17, 15) is 13.6 Å². The third-order valence-electron chi connectivity index (χ3n) is 3.58. The van der Waals surface area contributed by atoms with E-state index in [0.717, 1.165) is 4.68 Å². The molecule has 0 fully saturated rings. The molecular formula is C18H14F2N2O2. The Labute approximate surface area is 136 Å². The Hall–Kier alpha value is -3.02. The van der Waals surface area contributed by atoms with Crippen LogP contribution in [-0.2, 0) is 6.54 Å². The predicted octanol–water partition coefficient (Wildman–Crippen LogP) is 3.25. The van der Waals surface area contributed by atoms with Crippen LogP contribution in [0.25, 0.3) is 11.3 Å². The molecular weight excluding hydrogens is 314 g/mol. The van der Waals surface area contributed by atoms with Crippen LogP contribution in [0, 0.1) is 11.6 Å². The van der Waals surface area contributed by atoms with Crippen LogP contribution in [0.1, 0.15) is 5.56 Å². The number of hydrogen-bond acceptors (Lipinski definition) is 3. The van der Waals surface area contributed by atoms with Crippen LogP contribution in [0.15, 0.2) is 59.4 Å². The first-order valence-corrected chi connectivity index (χ1v) is 7.24. The first kappa shape index (κ1) is 15.9. The molecule has 24 heavy (non-hydrogen) atoms. The average Bonchev–Trinajstić information content (AvgIpc) is 2.59. The summed E-state index contributed by atoms with van der Waals surface area (Å²) in [4.78, 5) is 12.0. The van der Waals surface area contributed by atoms with Crippen molar-refractivity contribution in [2.24, 2.45) is 0 Å². The number of aromatic nitrogens is 2. The van der Waals surface area contributed by atoms with Gasteiger partial charge in [-0.15, -0.1) is 0 Å². The zero-order valence-corrected chi connectivity index (χ0v) is 12.9. The highest BCUT2D eigenvalue weighted by Gasteiger charge is 2.11. The Morgan fingerprint density at radius 1 is 1.08 bits per heavy atom. The van der Waals surface area contributed by atoms with Gasteiger partial charge < -0.3 is 4.74 Å². The van der Waals surface area contributed by atoms with Gasteiger partial charge in [0.05, 0.1) is 19.3 Å². The lowest BCUT2D eigenvalue weighted by Crippen LogP contribution is -2.23. The van der Waals surface area contributed by atoms with Gasteiger partial charge in [0.15, 0.2) is 0 Å². The van der Waals surface area contributed by atoms with Gasteiger partial charge in [0.25, 0.3) is 5.56 Å². The minimum atomic E-state index is -0.435. The predicted molar refractivity (Wildman–Crippen MR) is 85.9 cm³/mol. The van der Waals surface area contributed by atoms with Gasteiger partial charge in [0, 0.05) is 23.3 Å². The van der Waals surface area contributed by atoms with E-state index in [1.54, 1.807) is 18.2 Å². The summed E-state index contributed by atoms with van der Waals surface area (Å²) in [7, 11) is 1.42. The van der Waals surface area contributed by atoms with E-state index in [2.05, 4.69) is 5.10 Å². The lowest BCUT2D eigenvalue weighted by molar-refractivity contribution is 0.412. The molecule has 0 aliphatic heterocycles. The van der Waals surface area contributed by atoms with Gasteiger partial charge in [-0.2, -0.15) is 5.10 Å². The number of ether oxygens (including phenoxy) is 1. The molecule has 0 N–H and O–H groups in total. The number of rotatable bonds is 4. The number of nitrogens with zero attached hydrogens (tertiary/aromatic N) is 2. The average molecular weight is 328 g/mol. The van der Waals surface area contributed by atoms with Crippen molar-refractivity contribution in [1.82, 2.24) is 9.78 Å². The molecule has 2 aromatic carbocycles. The molecule has 0 saturated heterocycles. The molecule has 3 rings (SSSR count). The Kier molecular flexibility index (Phi) is 4.37. The first-order chi connectivity index (χ1) is 11.6. The van der Waals surface area contributed by atoms with E-state index in [0.29, 0.717) is 22.6 Å². The quantitative estimate of drug-likeness (QED) is 0.738. The van der Waals surface area contributed by atoms with Crippen LogP contribution in [-0.4, -0.2) is 16.9 Å². The molecule has 0 aliphatic carbocycles. The zero-order valence-electron chi connectivity index (χ0n) is 12.9. The largest absolute Gasteiger partial charge is 0.496 e. The minimum absolute atomic E-state index is 0.00283. The standard InChI is InChI=1S/C18H14F2N2O2/c1-24-17-10-13(19)6-7-14(17)16-8-9-18(23)22(21-16)11-12-4-2-3-5-15(12)20/h2-10H,11H2,1H3. The molecule has 0 atom stereocenters. The topological polar surface area (TPSA) is 44.1 Å². The third-order valence-corrected chi connectivity index (χ3v) is 3.58. The van der Waals surface area contributed by atoms with Crippen molar-refractivity contribution in [1.29, 1.82) is 0 Å². The fraction of sp³-hybridized carbons (Fsp3) is 0.111. The smallest absolute Gasteiger partial charge is 0.267 e. The summed E-state index contributed by atoms with van der Waals surface area (Å²) in [6.45, 7) is 0.00283. The lowest BCUT2D eigenvalue weighted by Gasteiger charge is -2.11. The van der Waals surface area contributed by atoms with Crippen LogP contribution in [0.4, 0.5) is 8.78 Å². The molecule has 0 spiro atoms. The molecule has 1 heterocycles. The third kappa shape index (κ3) is 3.17. The van der Waals surface area contributed by atoms with Crippen LogP contribution in [0.2, 0.25) is 0 Å². The Morgan fingerprint density at radius 2 is 1.88 bits per heavy atom. The summed E-state index contributed by atoms with van der Waals surface area (Å²) >= 11 is 0. The number of benzene rings is 2. The molecule has 3 aromatic rings. The fourth-order valence-electron chi connectivity index (χ4n) is 2.37. The molecule has 122 valence electrons. The molecule has 1 aromatic heterocycles. The van der Waals surface area contributed by atoms with Gasteiger partial charge in [0.1, 0.15) is 17.4 Å². The highest BCUT2D eigenvalue weighted by atomic mass is 19.1. The van der Waals surface area contributed by atoms with Crippen molar-refractivity contribution in [2.45, 2.75) is 6.54 Å². The van der Waals surface area contributed by atoms with E-state index in [1.165, 1.54) is 43.5 Å². The maximum absolute atomic E-state index is 13.8. The fourth-order valence-corrected chi connectivity index (χ4v) is 2.37. The van der Waals surface area contributed by atoms with E-state index in [1.807, 2.05) is 0 Å². The summed E-state index contributed by atoms with van der Waals surface area (Å²) in [6, 6.07) is 13.1. The van der Waals surface area contributed by atoms with Gasteiger partial charge in [-0.1, -0.05) is 18.2 Å². The van der Waals surface area contributed by atoms with E-state index in [4.69, 9.17) is 4.74 Å². The molecule has 4 nitrogen and oxygen atoms in total. The molecule has 0 amide bonds. The van der Waals surface area contributed by atoms with E-state index < -0.39 is 11.6 Å². The highest BCUT2D eigenvalue weighted by molar-refractivity contribution is 5.66. The number of methoxy groups -OCH3 is 1. The second kappa shape index (κ2) is 6.62. The maximum Gasteiger partial charge on any atom is 0.267 e. The lowest BCUT2D eigenvalue weighted by atomic mass is 10.1. The second-order valence-electron chi connectivity index (χ2n) is 5.15. The van der Waals surface area contributed by atoms with Crippen molar-refractivity contribution in [3.05, 3.63) is 82.1 Å². The summed E-state index contributed by atoms with van der Waals surface area (Å²) in [5.41, 5.74) is 0.974. The van der Waals surface area contributed by atoms with Crippen molar-refractivity contribution in [2.75, 3.05) is 7.11 Å². The molecule has 6 heteroatoms. The maximum atomic E-state index is 13.8. The minimum Gasteiger partial charge on any atom is -0.496 e. The summed E-state index contributed by atoms with van der Waals surface area (Å²) in [5, 5.41) is 4.25. The normalized spacial score (nSPS) is 10.6. The Balaban J connectivity index is 2.04. The van der Waals surface area contributed by atoms with Gasteiger partial charge in [-0.05, 0) is 24.3 Å². The van der Waals surface area contributed by atoms with Crippen molar-refractivity contribution < 1.29 is 13.5 Å². The second-order valence-corrected chi connectivity index (χ2v) is 5.15. The summed E-state index contributed by atoms with van der Waals surface area (Å²) in [6.07, 6.45) is 0. The monoisotopic (exact) mass is 328 g/mol. The van der Waals surface area contributed by atoms with E-state index in [-0.39, 0.29) is 12.1 Å². The van der Waals surface area contributed by atoms with Gasteiger partial charge >= 0.3 is 0 Å². The van der Waals surface area contributed by atoms with Gasteiger partial charge in [-0.25, -0.2) is 13.5 Å². The molecule has 0 unspecified atom stereocenters. The Morgan fingerprint density at radius 3 is 2.62 bits per heavy atom. The van der Waals surface area contributed by atoms with E-state index >= 15 is 0 Å². The zero-order chi connectivity index (χ0) is 17.1. The van der Waals surface area contributed by atoms with Crippen molar-refractivity contribution >= 4 is 0 Å².